The quantitative estimate of drug-likeness (QED) is 0.702. The number of thiazole rings is 1. The second-order valence-corrected chi connectivity index (χ2v) is 6.57. The first-order chi connectivity index (χ1) is 12.2. The summed E-state index contributed by atoms with van der Waals surface area (Å²) in [5.41, 5.74) is 3.35. The molecule has 0 radical (unpaired) electrons. The van der Waals surface area contributed by atoms with E-state index in [1.807, 2.05) is 35.7 Å². The van der Waals surface area contributed by atoms with Crippen molar-refractivity contribution < 1.29 is 9.53 Å². The lowest BCUT2D eigenvalue weighted by Gasteiger charge is -2.06. The maximum absolute atomic E-state index is 11.8. The highest BCUT2D eigenvalue weighted by Crippen LogP contribution is 2.24. The van der Waals surface area contributed by atoms with Gasteiger partial charge in [-0.15, -0.1) is 11.3 Å². The maximum atomic E-state index is 11.8. The van der Waals surface area contributed by atoms with E-state index >= 15 is 0 Å². The molecule has 0 aliphatic rings. The molecule has 0 aliphatic heterocycles. The van der Waals surface area contributed by atoms with Crippen LogP contribution in [0.1, 0.15) is 11.3 Å². The van der Waals surface area contributed by atoms with Crippen LogP contribution < -0.4 is 10.1 Å². The molecular formula is C20H20N2O2S. The van der Waals surface area contributed by atoms with Crippen molar-refractivity contribution in [3.8, 4) is 16.3 Å². The van der Waals surface area contributed by atoms with Gasteiger partial charge in [0, 0.05) is 23.9 Å². The first-order valence-corrected chi connectivity index (χ1v) is 9.05. The van der Waals surface area contributed by atoms with Crippen LogP contribution in [-0.2, 0) is 11.2 Å². The smallest absolute Gasteiger partial charge is 0.257 e. The summed E-state index contributed by atoms with van der Waals surface area (Å²) in [7, 11) is 0. The molecule has 128 valence electrons. The average molecular weight is 352 g/mol. The number of ether oxygens (including phenoxy) is 1. The van der Waals surface area contributed by atoms with Crippen LogP contribution in [0.15, 0.2) is 60.0 Å². The third-order valence-electron chi connectivity index (χ3n) is 3.67. The SMILES string of the molecule is Cc1ccc(-c2nc(CCNC(=O)COc3ccccc3)cs2)cc1. The van der Waals surface area contributed by atoms with Crippen molar-refractivity contribution in [3.63, 3.8) is 0 Å². The normalized spacial score (nSPS) is 10.4. The Balaban J connectivity index is 1.43. The van der Waals surface area contributed by atoms with E-state index in [0.29, 0.717) is 18.7 Å². The number of carbonyl (C=O) groups excluding carboxylic acids is 1. The summed E-state index contributed by atoms with van der Waals surface area (Å²) in [6, 6.07) is 17.7. The Hall–Kier alpha value is -2.66. The topological polar surface area (TPSA) is 51.2 Å². The van der Waals surface area contributed by atoms with Gasteiger partial charge in [0.2, 0.25) is 0 Å². The highest BCUT2D eigenvalue weighted by molar-refractivity contribution is 7.13. The van der Waals surface area contributed by atoms with Crippen LogP contribution >= 0.6 is 11.3 Å². The van der Waals surface area contributed by atoms with E-state index in [2.05, 4.69) is 41.5 Å². The summed E-state index contributed by atoms with van der Waals surface area (Å²) in [4.78, 5) is 16.4. The number of hydrogen-bond donors (Lipinski definition) is 1. The number of amides is 1. The van der Waals surface area contributed by atoms with Crippen molar-refractivity contribution in [2.24, 2.45) is 0 Å². The van der Waals surface area contributed by atoms with Gasteiger partial charge in [0.05, 0.1) is 5.69 Å². The fourth-order valence-corrected chi connectivity index (χ4v) is 3.16. The van der Waals surface area contributed by atoms with Gasteiger partial charge in [-0.05, 0) is 19.1 Å². The van der Waals surface area contributed by atoms with Crippen LogP contribution in [-0.4, -0.2) is 24.0 Å². The summed E-state index contributed by atoms with van der Waals surface area (Å²) in [6.07, 6.45) is 0.708. The highest BCUT2D eigenvalue weighted by Gasteiger charge is 2.06. The van der Waals surface area contributed by atoms with Crippen LogP contribution in [0.4, 0.5) is 0 Å². The lowest BCUT2D eigenvalue weighted by atomic mass is 10.2. The molecule has 1 aromatic heterocycles. The summed E-state index contributed by atoms with van der Waals surface area (Å²) in [5, 5.41) is 5.91. The molecule has 0 saturated carbocycles. The number of carbonyl (C=O) groups is 1. The monoisotopic (exact) mass is 352 g/mol. The Bertz CT molecular complexity index is 813. The van der Waals surface area contributed by atoms with Crippen molar-refractivity contribution in [3.05, 3.63) is 71.2 Å². The van der Waals surface area contributed by atoms with E-state index in [4.69, 9.17) is 4.74 Å². The Morgan fingerprint density at radius 3 is 2.64 bits per heavy atom. The molecule has 25 heavy (non-hydrogen) atoms. The standard InChI is InChI=1S/C20H20N2O2S/c1-15-7-9-16(10-8-15)20-22-17(14-25-20)11-12-21-19(23)13-24-18-5-3-2-4-6-18/h2-10,14H,11-13H2,1H3,(H,21,23). The molecular weight excluding hydrogens is 332 g/mol. The van der Waals surface area contributed by atoms with Gasteiger partial charge in [0.25, 0.3) is 5.91 Å². The highest BCUT2D eigenvalue weighted by atomic mass is 32.1. The predicted octanol–water partition coefficient (Wildman–Crippen LogP) is 3.86. The molecule has 4 nitrogen and oxygen atoms in total. The lowest BCUT2D eigenvalue weighted by molar-refractivity contribution is -0.123. The predicted molar refractivity (Wildman–Crippen MR) is 101 cm³/mol. The first-order valence-electron chi connectivity index (χ1n) is 8.17. The van der Waals surface area contributed by atoms with Crippen LogP contribution in [0.5, 0.6) is 5.75 Å². The zero-order chi connectivity index (χ0) is 17.5. The van der Waals surface area contributed by atoms with Gasteiger partial charge < -0.3 is 10.1 Å². The number of benzene rings is 2. The third kappa shape index (κ3) is 5.16. The van der Waals surface area contributed by atoms with Gasteiger partial charge in [-0.3, -0.25) is 4.79 Å². The van der Waals surface area contributed by atoms with E-state index in [1.165, 1.54) is 5.56 Å². The molecule has 0 aliphatic carbocycles. The number of hydrogen-bond acceptors (Lipinski definition) is 4. The van der Waals surface area contributed by atoms with E-state index in [9.17, 15) is 4.79 Å². The van der Waals surface area contributed by atoms with Crippen molar-refractivity contribution in [2.45, 2.75) is 13.3 Å². The van der Waals surface area contributed by atoms with E-state index < -0.39 is 0 Å². The van der Waals surface area contributed by atoms with E-state index in [0.717, 1.165) is 16.3 Å². The Morgan fingerprint density at radius 1 is 1.12 bits per heavy atom. The largest absolute Gasteiger partial charge is 0.484 e. The van der Waals surface area contributed by atoms with Gasteiger partial charge >= 0.3 is 0 Å². The molecule has 3 rings (SSSR count). The minimum absolute atomic E-state index is 0.0235. The fourth-order valence-electron chi connectivity index (χ4n) is 2.30. The number of aryl methyl sites for hydroxylation is 1. The average Bonchev–Trinajstić information content (AvgIpc) is 3.10. The molecule has 0 spiro atoms. The molecule has 0 atom stereocenters. The molecule has 1 amide bonds. The second-order valence-electron chi connectivity index (χ2n) is 5.71. The number of nitrogens with zero attached hydrogens (tertiary/aromatic N) is 1. The van der Waals surface area contributed by atoms with Crippen molar-refractivity contribution in [2.75, 3.05) is 13.2 Å². The summed E-state index contributed by atoms with van der Waals surface area (Å²) in [5.74, 6) is 0.567. The van der Waals surface area contributed by atoms with Crippen molar-refractivity contribution in [1.82, 2.24) is 10.3 Å². The van der Waals surface area contributed by atoms with E-state index in [-0.39, 0.29) is 12.5 Å². The van der Waals surface area contributed by atoms with Gasteiger partial charge in [0.1, 0.15) is 10.8 Å². The van der Waals surface area contributed by atoms with Gasteiger partial charge in [0.15, 0.2) is 6.61 Å². The zero-order valence-corrected chi connectivity index (χ0v) is 14.9. The Labute approximate surface area is 151 Å². The first kappa shape index (κ1) is 17.2. The Morgan fingerprint density at radius 2 is 1.88 bits per heavy atom. The molecule has 3 aromatic rings. The maximum Gasteiger partial charge on any atom is 0.257 e. The molecule has 0 unspecified atom stereocenters. The van der Waals surface area contributed by atoms with Crippen LogP contribution in [0.3, 0.4) is 0 Å². The summed E-state index contributed by atoms with van der Waals surface area (Å²) < 4.78 is 5.42. The molecule has 1 N–H and O–H groups in total. The third-order valence-corrected chi connectivity index (χ3v) is 4.61. The number of aromatic nitrogens is 1. The number of para-hydroxylation sites is 1. The van der Waals surface area contributed by atoms with Gasteiger partial charge in [-0.2, -0.15) is 0 Å². The minimum atomic E-state index is -0.127. The second kappa shape index (κ2) is 8.44. The molecule has 0 bridgehead atoms. The molecule has 5 heteroatoms. The molecule has 0 saturated heterocycles. The van der Waals surface area contributed by atoms with Crippen LogP contribution in [0.25, 0.3) is 10.6 Å². The number of rotatable bonds is 7. The van der Waals surface area contributed by atoms with Crippen molar-refractivity contribution >= 4 is 17.2 Å². The van der Waals surface area contributed by atoms with Gasteiger partial charge in [-0.1, -0.05) is 48.0 Å². The Kier molecular flexibility index (Phi) is 5.80. The molecule has 1 heterocycles. The van der Waals surface area contributed by atoms with Gasteiger partial charge in [-0.25, -0.2) is 4.98 Å². The van der Waals surface area contributed by atoms with Crippen molar-refractivity contribution in [1.29, 1.82) is 0 Å². The zero-order valence-electron chi connectivity index (χ0n) is 14.1. The minimum Gasteiger partial charge on any atom is -0.484 e. The molecule has 0 fully saturated rings. The summed E-state index contributed by atoms with van der Waals surface area (Å²) >= 11 is 1.63. The lowest BCUT2D eigenvalue weighted by Crippen LogP contribution is -2.30. The van der Waals surface area contributed by atoms with Crippen LogP contribution in [0.2, 0.25) is 0 Å². The van der Waals surface area contributed by atoms with Crippen LogP contribution in [0, 0.1) is 6.92 Å². The van der Waals surface area contributed by atoms with E-state index in [1.54, 1.807) is 11.3 Å². The fraction of sp³-hybridized carbons (Fsp3) is 0.200. The number of nitrogens with one attached hydrogen (secondary N) is 1. The molecule has 2 aromatic carbocycles. The summed E-state index contributed by atoms with van der Waals surface area (Å²) in [6.45, 7) is 2.64.